The molecule has 1 heterocycles. The van der Waals surface area contributed by atoms with Gasteiger partial charge in [-0.25, -0.2) is 4.79 Å². The molecule has 10 heavy (non-hydrogen) atoms. The van der Waals surface area contributed by atoms with Crippen LogP contribution in [0.5, 0.6) is 0 Å². The van der Waals surface area contributed by atoms with Gasteiger partial charge in [-0.3, -0.25) is 4.79 Å². The lowest BCUT2D eigenvalue weighted by molar-refractivity contribution is -0.134. The van der Waals surface area contributed by atoms with Crippen LogP contribution < -0.4 is 5.32 Å². The number of amides is 1. The van der Waals surface area contributed by atoms with E-state index in [1.165, 1.54) is 7.11 Å². The van der Waals surface area contributed by atoms with Crippen LogP contribution in [0, 0.1) is 0 Å². The summed E-state index contributed by atoms with van der Waals surface area (Å²) < 4.78 is 4.14. The van der Waals surface area contributed by atoms with E-state index < -0.39 is 5.97 Å². The monoisotopic (exact) mass is 143 g/mol. The summed E-state index contributed by atoms with van der Waals surface area (Å²) in [6.07, 6.45) is 1.11. The molecule has 4 nitrogen and oxygen atoms in total. The Kier molecular flexibility index (Phi) is 3.95. The van der Waals surface area contributed by atoms with Crippen molar-refractivity contribution in [3.8, 4) is 0 Å². The molecule has 0 saturated carbocycles. The van der Waals surface area contributed by atoms with Crippen LogP contribution in [0.4, 0.5) is 0 Å². The summed E-state index contributed by atoms with van der Waals surface area (Å²) in [4.78, 5) is 19.3. The minimum absolute atomic E-state index is 0.167. The van der Waals surface area contributed by atoms with E-state index in [0.717, 1.165) is 6.08 Å². The Morgan fingerprint density at radius 3 is 2.30 bits per heavy atom. The van der Waals surface area contributed by atoms with Gasteiger partial charge < -0.3 is 10.1 Å². The van der Waals surface area contributed by atoms with Crippen molar-refractivity contribution in [2.75, 3.05) is 13.7 Å². The van der Waals surface area contributed by atoms with Crippen LogP contribution in [0.15, 0.2) is 12.7 Å². The molecule has 0 bridgehead atoms. The number of hydrogen-bond acceptors (Lipinski definition) is 3. The van der Waals surface area contributed by atoms with E-state index in [1.54, 1.807) is 0 Å². The molecule has 1 aliphatic heterocycles. The first-order valence-electron chi connectivity index (χ1n) is 2.67. The first kappa shape index (κ1) is 8.68. The number of carbonyl (C=O) groups excluding carboxylic acids is 2. The zero-order valence-corrected chi connectivity index (χ0v) is 5.72. The van der Waals surface area contributed by atoms with Crippen LogP contribution in [-0.4, -0.2) is 25.5 Å². The molecule has 0 aliphatic carbocycles. The van der Waals surface area contributed by atoms with Crippen LogP contribution in [0.3, 0.4) is 0 Å². The molecular formula is C6H9NO3. The summed E-state index contributed by atoms with van der Waals surface area (Å²) >= 11 is 0. The standard InChI is InChI=1S/C4H6O2.C2H3NO/c1-3-4(5)6-2;4-2-1-3-2/h3H,1H2,2H3;1H2,(H,3,4). The van der Waals surface area contributed by atoms with Gasteiger partial charge in [-0.15, -0.1) is 0 Å². The van der Waals surface area contributed by atoms with Crippen molar-refractivity contribution < 1.29 is 14.3 Å². The summed E-state index contributed by atoms with van der Waals surface area (Å²) in [7, 11) is 1.31. The summed E-state index contributed by atoms with van der Waals surface area (Å²) in [6, 6.07) is 0. The summed E-state index contributed by atoms with van der Waals surface area (Å²) in [5.74, 6) is -0.227. The predicted molar refractivity (Wildman–Crippen MR) is 35.2 cm³/mol. The lowest BCUT2D eigenvalue weighted by Crippen LogP contribution is -1.91. The molecule has 0 aromatic heterocycles. The molecule has 0 aromatic rings. The Morgan fingerprint density at radius 2 is 2.30 bits per heavy atom. The van der Waals surface area contributed by atoms with Crippen molar-refractivity contribution in [2.45, 2.75) is 0 Å². The van der Waals surface area contributed by atoms with E-state index in [2.05, 4.69) is 16.6 Å². The van der Waals surface area contributed by atoms with Crippen molar-refractivity contribution in [1.82, 2.24) is 5.32 Å². The molecule has 1 amide bonds. The van der Waals surface area contributed by atoms with Gasteiger partial charge in [0.15, 0.2) is 0 Å². The topological polar surface area (TPSA) is 65.3 Å². The largest absolute Gasteiger partial charge is 0.466 e. The maximum atomic E-state index is 9.84. The normalized spacial score (nSPS) is 11.9. The van der Waals surface area contributed by atoms with Gasteiger partial charge in [-0.2, -0.15) is 0 Å². The smallest absolute Gasteiger partial charge is 0.329 e. The average Bonchev–Trinajstić information content (AvgIpc) is 2.71. The number of rotatable bonds is 1. The van der Waals surface area contributed by atoms with Crippen LogP contribution >= 0.6 is 0 Å². The van der Waals surface area contributed by atoms with Gasteiger partial charge in [-0.05, 0) is 0 Å². The highest BCUT2D eigenvalue weighted by atomic mass is 16.5. The molecular weight excluding hydrogens is 134 g/mol. The van der Waals surface area contributed by atoms with E-state index in [-0.39, 0.29) is 5.91 Å². The van der Waals surface area contributed by atoms with Gasteiger partial charge >= 0.3 is 5.97 Å². The molecule has 4 heteroatoms. The number of hydrogen-bond donors (Lipinski definition) is 1. The van der Waals surface area contributed by atoms with Crippen LogP contribution in [0.2, 0.25) is 0 Å². The minimum Gasteiger partial charge on any atom is -0.466 e. The fraction of sp³-hybridized carbons (Fsp3) is 0.333. The molecule has 1 rings (SSSR count). The number of carbonyl (C=O) groups is 2. The van der Waals surface area contributed by atoms with Gasteiger partial charge in [0.25, 0.3) is 0 Å². The zero-order chi connectivity index (χ0) is 7.98. The molecule has 0 spiro atoms. The minimum atomic E-state index is -0.394. The predicted octanol–water partition coefficient (Wildman–Crippen LogP) is -0.538. The van der Waals surface area contributed by atoms with Crippen molar-refractivity contribution in [3.63, 3.8) is 0 Å². The number of ether oxygens (including phenoxy) is 1. The van der Waals surface area contributed by atoms with E-state index in [9.17, 15) is 9.59 Å². The van der Waals surface area contributed by atoms with E-state index >= 15 is 0 Å². The third kappa shape index (κ3) is 6.68. The Bertz CT molecular complexity index is 147. The summed E-state index contributed by atoms with van der Waals surface area (Å²) in [5.41, 5.74) is 0. The van der Waals surface area contributed by atoms with Crippen molar-refractivity contribution in [1.29, 1.82) is 0 Å². The van der Waals surface area contributed by atoms with Crippen molar-refractivity contribution >= 4 is 11.9 Å². The van der Waals surface area contributed by atoms with E-state index in [1.807, 2.05) is 0 Å². The fourth-order valence-electron chi connectivity index (χ4n) is 0.119. The molecule has 1 fully saturated rings. The Labute approximate surface area is 58.9 Å². The average molecular weight is 143 g/mol. The fourth-order valence-corrected chi connectivity index (χ4v) is 0.119. The lowest BCUT2D eigenvalue weighted by atomic mass is 10.7. The highest BCUT2D eigenvalue weighted by molar-refractivity contribution is 5.91. The first-order chi connectivity index (χ1) is 4.70. The maximum absolute atomic E-state index is 9.84. The molecule has 0 radical (unpaired) electrons. The summed E-state index contributed by atoms with van der Waals surface area (Å²) in [5, 5.41) is 2.46. The molecule has 56 valence electrons. The number of nitrogens with one attached hydrogen (secondary N) is 1. The molecule has 1 aliphatic rings. The SMILES string of the molecule is C=CC(=O)OC.O=C1CN1. The van der Waals surface area contributed by atoms with Crippen molar-refractivity contribution in [3.05, 3.63) is 12.7 Å². The van der Waals surface area contributed by atoms with Crippen LogP contribution in [0.25, 0.3) is 0 Å². The zero-order valence-electron chi connectivity index (χ0n) is 5.72. The molecule has 0 aromatic carbocycles. The van der Waals surface area contributed by atoms with Gasteiger partial charge in [0, 0.05) is 6.08 Å². The third-order valence-electron chi connectivity index (χ3n) is 0.689. The molecule has 0 atom stereocenters. The Hall–Kier alpha value is -1.32. The Balaban J connectivity index is 0.000000172. The Morgan fingerprint density at radius 1 is 1.90 bits per heavy atom. The highest BCUT2D eigenvalue weighted by Gasteiger charge is 2.10. The van der Waals surface area contributed by atoms with Gasteiger partial charge in [0.1, 0.15) is 0 Å². The van der Waals surface area contributed by atoms with Crippen LogP contribution in [0.1, 0.15) is 0 Å². The first-order valence-corrected chi connectivity index (χ1v) is 2.67. The molecule has 1 N–H and O–H groups in total. The molecule has 1 saturated heterocycles. The lowest BCUT2D eigenvalue weighted by Gasteiger charge is -1.83. The summed E-state index contributed by atoms with van der Waals surface area (Å²) in [6.45, 7) is 3.75. The second kappa shape index (κ2) is 4.55. The van der Waals surface area contributed by atoms with E-state index in [0.29, 0.717) is 6.54 Å². The van der Waals surface area contributed by atoms with E-state index in [4.69, 9.17) is 0 Å². The van der Waals surface area contributed by atoms with Crippen molar-refractivity contribution in [2.24, 2.45) is 0 Å². The second-order valence-electron chi connectivity index (χ2n) is 1.50. The van der Waals surface area contributed by atoms with Gasteiger partial charge in [-0.1, -0.05) is 6.58 Å². The second-order valence-corrected chi connectivity index (χ2v) is 1.50. The van der Waals surface area contributed by atoms with Gasteiger partial charge in [0.05, 0.1) is 13.7 Å². The third-order valence-corrected chi connectivity index (χ3v) is 0.689. The quantitative estimate of drug-likeness (QED) is 0.304. The van der Waals surface area contributed by atoms with Gasteiger partial charge in [0.2, 0.25) is 5.91 Å². The van der Waals surface area contributed by atoms with Crippen LogP contribution in [-0.2, 0) is 14.3 Å². The molecule has 0 unspecified atom stereocenters. The maximum Gasteiger partial charge on any atom is 0.329 e. The highest BCUT2D eigenvalue weighted by Crippen LogP contribution is 1.72. The number of esters is 1. The number of methoxy groups -OCH3 is 1.